The highest BCUT2D eigenvalue weighted by atomic mass is 14.9. The number of aromatic nitrogens is 2. The molecule has 0 saturated carbocycles. The van der Waals surface area contributed by atoms with Gasteiger partial charge in [0.05, 0.1) is 5.52 Å². The van der Waals surface area contributed by atoms with Crippen molar-refractivity contribution in [2.24, 2.45) is 5.73 Å². The highest BCUT2D eigenvalue weighted by Crippen LogP contribution is 2.18. The van der Waals surface area contributed by atoms with Crippen LogP contribution >= 0.6 is 0 Å². The fraction of sp³-hybridized carbons (Fsp3) is 0.167. The number of hydrogen-bond acceptors (Lipinski definition) is 4. The summed E-state index contributed by atoms with van der Waals surface area (Å²) in [6.07, 6.45) is 6.42. The van der Waals surface area contributed by atoms with Gasteiger partial charge in [-0.3, -0.25) is 0 Å². The predicted octanol–water partition coefficient (Wildman–Crippen LogP) is 1.57. The molecule has 2 aromatic rings. The summed E-state index contributed by atoms with van der Waals surface area (Å²) in [6.45, 7) is 0.662. The molecule has 0 bridgehead atoms. The molecule has 1 heterocycles. The van der Waals surface area contributed by atoms with Gasteiger partial charge in [-0.05, 0) is 30.7 Å². The van der Waals surface area contributed by atoms with Crippen LogP contribution in [0.15, 0.2) is 30.6 Å². The van der Waals surface area contributed by atoms with E-state index in [-0.39, 0.29) is 0 Å². The Morgan fingerprint density at radius 2 is 2.12 bits per heavy atom. The monoisotopic (exact) mass is 214 g/mol. The van der Waals surface area contributed by atoms with Crippen LogP contribution in [0.3, 0.4) is 0 Å². The Kier molecular flexibility index (Phi) is 3.12. The van der Waals surface area contributed by atoms with Crippen molar-refractivity contribution in [1.82, 2.24) is 9.97 Å². The van der Waals surface area contributed by atoms with Crippen LogP contribution in [-0.4, -0.2) is 16.5 Å². The number of rotatable bonds is 3. The summed E-state index contributed by atoms with van der Waals surface area (Å²) in [4.78, 5) is 8.11. The first kappa shape index (κ1) is 10.6. The molecular weight excluding hydrogens is 200 g/mol. The molecule has 4 nitrogen and oxygen atoms in total. The number of benzene rings is 1. The molecule has 0 saturated heterocycles. The summed E-state index contributed by atoms with van der Waals surface area (Å²) in [5, 5.41) is 0.886. The maximum atomic E-state index is 5.78. The van der Waals surface area contributed by atoms with Crippen molar-refractivity contribution in [3.05, 3.63) is 36.2 Å². The first-order chi connectivity index (χ1) is 7.81. The minimum atomic E-state index is 0.513. The van der Waals surface area contributed by atoms with E-state index in [1.807, 2.05) is 30.4 Å². The number of nitrogen functional groups attached to an aromatic ring is 1. The lowest BCUT2D eigenvalue weighted by Crippen LogP contribution is -1.95. The second kappa shape index (κ2) is 4.72. The van der Waals surface area contributed by atoms with Gasteiger partial charge in [0.1, 0.15) is 12.1 Å². The van der Waals surface area contributed by atoms with Gasteiger partial charge in [0.25, 0.3) is 0 Å². The van der Waals surface area contributed by atoms with Crippen LogP contribution in [0.25, 0.3) is 17.0 Å². The fourth-order valence-corrected chi connectivity index (χ4v) is 1.51. The van der Waals surface area contributed by atoms with Gasteiger partial charge in [-0.2, -0.15) is 0 Å². The molecule has 4 heteroatoms. The molecule has 0 radical (unpaired) electrons. The standard InChI is InChI=1S/C12H14N4/c13-6-2-1-3-9-4-5-11-10(7-9)12(14)16-8-15-11/h1,3-5,7-8H,2,6,13H2,(H2,14,15,16). The molecular formula is C12H14N4. The summed E-state index contributed by atoms with van der Waals surface area (Å²) in [5.41, 5.74) is 13.2. The fourth-order valence-electron chi connectivity index (χ4n) is 1.51. The molecule has 0 aliphatic carbocycles. The molecule has 82 valence electrons. The number of fused-ring (bicyclic) bond motifs is 1. The zero-order valence-corrected chi connectivity index (χ0v) is 8.93. The van der Waals surface area contributed by atoms with Crippen molar-refractivity contribution in [3.8, 4) is 0 Å². The highest BCUT2D eigenvalue weighted by molar-refractivity contribution is 5.89. The van der Waals surface area contributed by atoms with Gasteiger partial charge in [0.2, 0.25) is 0 Å². The Morgan fingerprint density at radius 1 is 1.25 bits per heavy atom. The normalized spacial score (nSPS) is 11.3. The zero-order chi connectivity index (χ0) is 11.4. The van der Waals surface area contributed by atoms with E-state index in [2.05, 4.69) is 9.97 Å². The van der Waals surface area contributed by atoms with Crippen molar-refractivity contribution in [2.75, 3.05) is 12.3 Å². The van der Waals surface area contributed by atoms with E-state index < -0.39 is 0 Å². The molecule has 4 N–H and O–H groups in total. The molecule has 1 aromatic carbocycles. The first-order valence-electron chi connectivity index (χ1n) is 5.18. The number of nitrogens with two attached hydrogens (primary N) is 2. The van der Waals surface area contributed by atoms with Gasteiger partial charge in [-0.15, -0.1) is 0 Å². The smallest absolute Gasteiger partial charge is 0.134 e. The van der Waals surface area contributed by atoms with Crippen LogP contribution in [0.5, 0.6) is 0 Å². The molecule has 0 fully saturated rings. The molecule has 2 rings (SSSR count). The van der Waals surface area contributed by atoms with Crippen molar-refractivity contribution in [3.63, 3.8) is 0 Å². The van der Waals surface area contributed by atoms with Crippen LogP contribution in [0.1, 0.15) is 12.0 Å². The van der Waals surface area contributed by atoms with E-state index in [9.17, 15) is 0 Å². The van der Waals surface area contributed by atoms with Crippen LogP contribution < -0.4 is 11.5 Å². The highest BCUT2D eigenvalue weighted by Gasteiger charge is 1.99. The van der Waals surface area contributed by atoms with E-state index in [4.69, 9.17) is 11.5 Å². The Balaban J connectivity index is 2.39. The summed E-state index contributed by atoms with van der Waals surface area (Å²) in [7, 11) is 0. The topological polar surface area (TPSA) is 77.8 Å². The molecule has 0 unspecified atom stereocenters. The Morgan fingerprint density at radius 3 is 2.94 bits per heavy atom. The Hall–Kier alpha value is -1.94. The lowest BCUT2D eigenvalue weighted by Gasteiger charge is -2.01. The van der Waals surface area contributed by atoms with Crippen molar-refractivity contribution < 1.29 is 0 Å². The number of hydrogen-bond donors (Lipinski definition) is 2. The minimum absolute atomic E-state index is 0.513. The van der Waals surface area contributed by atoms with Crippen LogP contribution in [0.4, 0.5) is 5.82 Å². The second-order valence-corrected chi connectivity index (χ2v) is 3.52. The van der Waals surface area contributed by atoms with Gasteiger partial charge in [-0.25, -0.2) is 9.97 Å². The van der Waals surface area contributed by atoms with Crippen LogP contribution in [0, 0.1) is 0 Å². The van der Waals surface area contributed by atoms with Crippen molar-refractivity contribution in [2.45, 2.75) is 6.42 Å². The molecule has 1 aromatic heterocycles. The van der Waals surface area contributed by atoms with Crippen molar-refractivity contribution in [1.29, 1.82) is 0 Å². The maximum absolute atomic E-state index is 5.78. The van der Waals surface area contributed by atoms with Crippen LogP contribution in [-0.2, 0) is 0 Å². The van der Waals surface area contributed by atoms with Crippen LogP contribution in [0.2, 0.25) is 0 Å². The van der Waals surface area contributed by atoms with E-state index >= 15 is 0 Å². The summed E-state index contributed by atoms with van der Waals surface area (Å²) in [5.74, 6) is 0.513. The third kappa shape index (κ3) is 2.17. The third-order valence-electron chi connectivity index (χ3n) is 2.33. The SMILES string of the molecule is NCCC=Cc1ccc2ncnc(N)c2c1. The van der Waals surface area contributed by atoms with E-state index in [1.54, 1.807) is 0 Å². The predicted molar refractivity (Wildman–Crippen MR) is 66.7 cm³/mol. The van der Waals surface area contributed by atoms with Gasteiger partial charge >= 0.3 is 0 Å². The van der Waals surface area contributed by atoms with E-state index in [0.29, 0.717) is 12.4 Å². The average molecular weight is 214 g/mol. The van der Waals surface area contributed by atoms with E-state index in [1.165, 1.54) is 6.33 Å². The molecule has 0 aliphatic rings. The number of anilines is 1. The quantitative estimate of drug-likeness (QED) is 0.813. The average Bonchev–Trinajstić information content (AvgIpc) is 2.30. The zero-order valence-electron chi connectivity index (χ0n) is 8.93. The Labute approximate surface area is 94.0 Å². The van der Waals surface area contributed by atoms with Gasteiger partial charge in [-0.1, -0.05) is 18.2 Å². The molecule has 0 atom stereocenters. The lowest BCUT2D eigenvalue weighted by molar-refractivity contribution is 1.01. The van der Waals surface area contributed by atoms with Gasteiger partial charge in [0.15, 0.2) is 0 Å². The molecule has 0 aliphatic heterocycles. The molecule has 0 spiro atoms. The summed E-state index contributed by atoms with van der Waals surface area (Å²) < 4.78 is 0. The first-order valence-corrected chi connectivity index (χ1v) is 5.18. The second-order valence-electron chi connectivity index (χ2n) is 3.52. The maximum Gasteiger partial charge on any atom is 0.134 e. The summed E-state index contributed by atoms with van der Waals surface area (Å²) in [6, 6.07) is 5.93. The van der Waals surface area contributed by atoms with Gasteiger partial charge in [0, 0.05) is 5.39 Å². The minimum Gasteiger partial charge on any atom is -0.383 e. The largest absolute Gasteiger partial charge is 0.383 e. The Bertz CT molecular complexity index is 519. The summed E-state index contributed by atoms with van der Waals surface area (Å²) >= 11 is 0. The van der Waals surface area contributed by atoms with E-state index in [0.717, 1.165) is 22.9 Å². The third-order valence-corrected chi connectivity index (χ3v) is 2.33. The number of nitrogens with zero attached hydrogens (tertiary/aromatic N) is 2. The lowest BCUT2D eigenvalue weighted by atomic mass is 10.1. The molecule has 0 amide bonds. The molecule has 16 heavy (non-hydrogen) atoms. The van der Waals surface area contributed by atoms with Crippen molar-refractivity contribution >= 4 is 22.8 Å². The van der Waals surface area contributed by atoms with Gasteiger partial charge < -0.3 is 11.5 Å².